The van der Waals surface area contributed by atoms with E-state index in [0.717, 1.165) is 4.47 Å². The van der Waals surface area contributed by atoms with E-state index in [1.54, 1.807) is 57.2 Å². The summed E-state index contributed by atoms with van der Waals surface area (Å²) in [6, 6.07) is 11.4. The van der Waals surface area contributed by atoms with Gasteiger partial charge < -0.3 is 14.6 Å². The molecule has 0 radical (unpaired) electrons. The van der Waals surface area contributed by atoms with E-state index < -0.39 is 12.0 Å². The van der Waals surface area contributed by atoms with Gasteiger partial charge in [0.2, 0.25) is 0 Å². The summed E-state index contributed by atoms with van der Waals surface area (Å²) in [6.45, 7) is 5.27. The molecular formula is C25H23BrN2O5S. The molecule has 0 saturated carbocycles. The molecule has 0 bridgehead atoms. The van der Waals surface area contributed by atoms with Crippen molar-refractivity contribution in [2.24, 2.45) is 4.99 Å². The fourth-order valence-corrected chi connectivity index (χ4v) is 5.24. The number of rotatable bonds is 5. The largest absolute Gasteiger partial charge is 0.507 e. The summed E-state index contributed by atoms with van der Waals surface area (Å²) in [6.07, 6.45) is 1.28. The van der Waals surface area contributed by atoms with E-state index >= 15 is 0 Å². The van der Waals surface area contributed by atoms with Crippen molar-refractivity contribution < 1.29 is 19.4 Å². The van der Waals surface area contributed by atoms with Crippen LogP contribution in [0.1, 0.15) is 37.9 Å². The number of halogens is 1. The zero-order valence-corrected chi connectivity index (χ0v) is 21.4. The molecule has 1 aliphatic rings. The maximum atomic E-state index is 13.7. The van der Waals surface area contributed by atoms with Crippen LogP contribution < -0.4 is 19.6 Å². The van der Waals surface area contributed by atoms with E-state index in [9.17, 15) is 14.7 Å². The van der Waals surface area contributed by atoms with Crippen LogP contribution in [-0.4, -0.2) is 28.9 Å². The Balaban J connectivity index is 2.02. The zero-order chi connectivity index (χ0) is 24.6. The highest BCUT2D eigenvalue weighted by molar-refractivity contribution is 9.10. The van der Waals surface area contributed by atoms with Crippen molar-refractivity contribution in [3.05, 3.63) is 89.0 Å². The maximum absolute atomic E-state index is 13.7. The third kappa shape index (κ3) is 4.45. The van der Waals surface area contributed by atoms with Crippen LogP contribution in [0.2, 0.25) is 0 Å². The molecule has 0 fully saturated rings. The summed E-state index contributed by atoms with van der Waals surface area (Å²) in [5.41, 5.74) is 1.54. The monoisotopic (exact) mass is 542 g/mol. The Bertz CT molecular complexity index is 1490. The number of hydrogen-bond donors (Lipinski definition) is 1. The molecule has 2 heterocycles. The minimum Gasteiger partial charge on any atom is -0.507 e. The smallest absolute Gasteiger partial charge is 0.338 e. The lowest BCUT2D eigenvalue weighted by Crippen LogP contribution is -2.40. The number of aromatic hydroxyl groups is 1. The Kier molecular flexibility index (Phi) is 6.77. The number of esters is 1. The number of carbonyl (C=O) groups is 1. The molecule has 9 heteroatoms. The number of phenolic OH excluding ortho intramolecular Hbond substituents is 1. The van der Waals surface area contributed by atoms with E-state index in [0.29, 0.717) is 31.9 Å². The Morgan fingerprint density at radius 2 is 2.00 bits per heavy atom. The van der Waals surface area contributed by atoms with Gasteiger partial charge in [-0.25, -0.2) is 9.79 Å². The molecule has 0 unspecified atom stereocenters. The molecule has 1 aromatic heterocycles. The highest BCUT2D eigenvalue weighted by Crippen LogP contribution is 2.37. The summed E-state index contributed by atoms with van der Waals surface area (Å²) in [7, 11) is 1.54. The normalized spacial score (nSPS) is 15.8. The van der Waals surface area contributed by atoms with Crippen molar-refractivity contribution in [2.45, 2.75) is 32.9 Å². The van der Waals surface area contributed by atoms with Gasteiger partial charge in [0.05, 0.1) is 29.0 Å². The predicted molar refractivity (Wildman–Crippen MR) is 134 cm³/mol. The number of phenols is 1. The molecule has 1 atom stereocenters. The lowest BCUT2D eigenvalue weighted by molar-refractivity contribution is -0.143. The molecule has 176 valence electrons. The van der Waals surface area contributed by atoms with Crippen LogP contribution in [0.5, 0.6) is 11.5 Å². The number of methoxy groups -OCH3 is 1. The first-order valence-corrected chi connectivity index (χ1v) is 12.2. The number of ether oxygens (including phenoxy) is 2. The van der Waals surface area contributed by atoms with E-state index in [1.165, 1.54) is 23.0 Å². The van der Waals surface area contributed by atoms with Crippen molar-refractivity contribution in [1.82, 2.24) is 4.57 Å². The van der Waals surface area contributed by atoms with Gasteiger partial charge in [-0.2, -0.15) is 0 Å². The second-order valence-electron chi connectivity index (χ2n) is 7.98. The average Bonchev–Trinajstić information content (AvgIpc) is 3.08. The molecule has 3 aromatic rings. The van der Waals surface area contributed by atoms with E-state index in [2.05, 4.69) is 20.9 Å². The highest BCUT2D eigenvalue weighted by Gasteiger charge is 2.35. The molecule has 4 rings (SSSR count). The summed E-state index contributed by atoms with van der Waals surface area (Å²) in [5.74, 6) is 0.0437. The Morgan fingerprint density at radius 1 is 1.26 bits per heavy atom. The molecule has 0 aliphatic carbocycles. The van der Waals surface area contributed by atoms with Crippen LogP contribution in [0.4, 0.5) is 0 Å². The van der Waals surface area contributed by atoms with Crippen LogP contribution in [-0.2, 0) is 9.53 Å². The lowest BCUT2D eigenvalue weighted by atomic mass is 9.95. The molecular weight excluding hydrogens is 520 g/mol. The number of para-hydroxylation sites is 1. The third-order valence-corrected chi connectivity index (χ3v) is 6.77. The molecule has 0 spiro atoms. The number of benzene rings is 2. The van der Waals surface area contributed by atoms with Crippen molar-refractivity contribution in [3.8, 4) is 11.5 Å². The van der Waals surface area contributed by atoms with E-state index in [1.807, 2.05) is 12.1 Å². The first-order chi connectivity index (χ1) is 16.2. The second kappa shape index (κ2) is 9.60. The van der Waals surface area contributed by atoms with Crippen LogP contribution in [0.3, 0.4) is 0 Å². The predicted octanol–water partition coefficient (Wildman–Crippen LogP) is 3.66. The van der Waals surface area contributed by atoms with Gasteiger partial charge in [-0.05, 0) is 51.1 Å². The number of thiazole rings is 1. The lowest BCUT2D eigenvalue weighted by Gasteiger charge is -2.26. The average molecular weight is 543 g/mol. The van der Waals surface area contributed by atoms with Gasteiger partial charge in [0.25, 0.3) is 5.56 Å². The molecule has 0 saturated heterocycles. The molecule has 34 heavy (non-hydrogen) atoms. The Morgan fingerprint density at radius 3 is 2.68 bits per heavy atom. The summed E-state index contributed by atoms with van der Waals surface area (Å²) >= 11 is 4.68. The summed E-state index contributed by atoms with van der Waals surface area (Å²) in [5, 5.41) is 10.2. The van der Waals surface area contributed by atoms with Crippen LogP contribution in [0.15, 0.2) is 68.0 Å². The van der Waals surface area contributed by atoms with Crippen molar-refractivity contribution in [1.29, 1.82) is 0 Å². The van der Waals surface area contributed by atoms with Gasteiger partial charge in [-0.1, -0.05) is 45.5 Å². The summed E-state index contributed by atoms with van der Waals surface area (Å²) in [4.78, 5) is 31.9. The van der Waals surface area contributed by atoms with Crippen LogP contribution in [0.25, 0.3) is 6.08 Å². The molecule has 2 aromatic carbocycles. The SMILES string of the molecule is COc1ccc(Br)cc1[C@H]1C(C(=O)OC(C)C)=C(C)N=c2s/c(=C\c3ccccc3O)c(=O)n21. The topological polar surface area (TPSA) is 90.1 Å². The van der Waals surface area contributed by atoms with Crippen molar-refractivity contribution in [2.75, 3.05) is 7.11 Å². The number of aromatic nitrogens is 1. The van der Waals surface area contributed by atoms with Gasteiger partial charge in [0, 0.05) is 15.6 Å². The fraction of sp³-hybridized carbons (Fsp3) is 0.240. The number of carbonyl (C=O) groups excluding carboxylic acids is 1. The van der Waals surface area contributed by atoms with Gasteiger partial charge in [0.1, 0.15) is 17.5 Å². The molecule has 7 nitrogen and oxygen atoms in total. The van der Waals surface area contributed by atoms with E-state index in [4.69, 9.17) is 9.47 Å². The van der Waals surface area contributed by atoms with Gasteiger partial charge in [0.15, 0.2) is 4.80 Å². The summed E-state index contributed by atoms with van der Waals surface area (Å²) < 4.78 is 13.8. The van der Waals surface area contributed by atoms with Crippen LogP contribution >= 0.6 is 27.3 Å². The van der Waals surface area contributed by atoms with Crippen molar-refractivity contribution >= 4 is 39.3 Å². The Labute approximate surface area is 208 Å². The van der Waals surface area contributed by atoms with Crippen LogP contribution in [0, 0.1) is 0 Å². The van der Waals surface area contributed by atoms with Gasteiger partial charge >= 0.3 is 5.97 Å². The van der Waals surface area contributed by atoms with Crippen molar-refractivity contribution in [3.63, 3.8) is 0 Å². The number of nitrogens with zero attached hydrogens (tertiary/aromatic N) is 2. The third-order valence-electron chi connectivity index (χ3n) is 5.29. The minimum atomic E-state index is -0.804. The Hall–Kier alpha value is -3.17. The van der Waals surface area contributed by atoms with E-state index in [-0.39, 0.29) is 23.0 Å². The number of allylic oxidation sites excluding steroid dienone is 1. The number of fused-ring (bicyclic) bond motifs is 1. The van der Waals surface area contributed by atoms with Gasteiger partial charge in [-0.15, -0.1) is 0 Å². The minimum absolute atomic E-state index is 0.0657. The zero-order valence-electron chi connectivity index (χ0n) is 19.0. The van der Waals surface area contributed by atoms with Gasteiger partial charge in [-0.3, -0.25) is 9.36 Å². The molecule has 1 N–H and O–H groups in total. The quantitative estimate of drug-likeness (QED) is 0.497. The second-order valence-corrected chi connectivity index (χ2v) is 9.91. The number of hydrogen-bond acceptors (Lipinski definition) is 7. The highest BCUT2D eigenvalue weighted by atomic mass is 79.9. The standard InChI is InChI=1S/C25H23BrN2O5S/c1-13(2)33-24(31)21-14(3)27-25-28(22(21)17-12-16(26)9-10-19(17)32-4)23(30)20(34-25)11-15-7-5-6-8-18(15)29/h5-13,22,29H,1-4H3/b20-11-/t22-/m0/s1. The molecule has 0 amide bonds. The fourth-order valence-electron chi connectivity index (χ4n) is 3.82. The first kappa shape index (κ1) is 24.0. The maximum Gasteiger partial charge on any atom is 0.338 e. The molecule has 1 aliphatic heterocycles. The first-order valence-electron chi connectivity index (χ1n) is 10.6.